The molecule has 1 aromatic rings. The molecule has 2 fully saturated rings. The Morgan fingerprint density at radius 2 is 1.96 bits per heavy atom. The molecule has 24 heavy (non-hydrogen) atoms. The maximum atomic E-state index is 12.3. The van der Waals surface area contributed by atoms with Gasteiger partial charge in [-0.1, -0.05) is 25.3 Å². The van der Waals surface area contributed by atoms with Gasteiger partial charge in [-0.2, -0.15) is 0 Å². The molecule has 5 heteroatoms. The Morgan fingerprint density at radius 1 is 1.17 bits per heavy atom. The number of carbonyl (C=O) groups is 2. The zero-order valence-electron chi connectivity index (χ0n) is 14.4. The average molecular weight is 329 g/mol. The summed E-state index contributed by atoms with van der Waals surface area (Å²) < 4.78 is 0. The zero-order valence-corrected chi connectivity index (χ0v) is 14.4. The molecule has 2 unspecified atom stereocenters. The van der Waals surface area contributed by atoms with Crippen LogP contribution in [0.5, 0.6) is 0 Å². The number of fused-ring (bicyclic) bond motifs is 1. The number of carbonyl (C=O) groups excluding carboxylic acids is 2. The van der Waals surface area contributed by atoms with Gasteiger partial charge in [-0.15, -0.1) is 0 Å². The van der Waals surface area contributed by atoms with E-state index in [-0.39, 0.29) is 11.8 Å². The summed E-state index contributed by atoms with van der Waals surface area (Å²) in [5.74, 6) is 1.50. The van der Waals surface area contributed by atoms with Crippen LogP contribution in [0.15, 0.2) is 24.3 Å². The summed E-state index contributed by atoms with van der Waals surface area (Å²) in [6.07, 6.45) is 6.63. The maximum Gasteiger partial charge on any atom is 0.251 e. The molecule has 1 saturated carbocycles. The van der Waals surface area contributed by atoms with E-state index >= 15 is 0 Å². The molecule has 0 aromatic heterocycles. The van der Waals surface area contributed by atoms with Crippen molar-refractivity contribution in [2.24, 2.45) is 11.8 Å². The highest BCUT2D eigenvalue weighted by atomic mass is 16.2. The van der Waals surface area contributed by atoms with Gasteiger partial charge < -0.3 is 10.6 Å². The second kappa shape index (κ2) is 7.79. The van der Waals surface area contributed by atoms with E-state index in [2.05, 4.69) is 15.5 Å². The predicted molar refractivity (Wildman–Crippen MR) is 95.0 cm³/mol. The molecule has 2 aliphatic rings. The Hall–Kier alpha value is -1.88. The van der Waals surface area contributed by atoms with Crippen LogP contribution in [0.2, 0.25) is 0 Å². The largest absolute Gasteiger partial charge is 0.355 e. The number of hydrogen-bond acceptors (Lipinski definition) is 3. The molecule has 0 bridgehead atoms. The van der Waals surface area contributed by atoms with E-state index in [1.165, 1.54) is 32.1 Å². The van der Waals surface area contributed by atoms with Crippen molar-refractivity contribution in [2.75, 3.05) is 32.0 Å². The molecule has 1 heterocycles. The summed E-state index contributed by atoms with van der Waals surface area (Å²) in [4.78, 5) is 26.3. The number of nitrogens with zero attached hydrogens (tertiary/aromatic N) is 1. The number of anilines is 1. The van der Waals surface area contributed by atoms with Gasteiger partial charge in [-0.25, -0.2) is 0 Å². The molecule has 5 nitrogen and oxygen atoms in total. The van der Waals surface area contributed by atoms with Crippen LogP contribution in [0.3, 0.4) is 0 Å². The Labute approximate surface area is 143 Å². The van der Waals surface area contributed by atoms with E-state index < -0.39 is 0 Å². The minimum atomic E-state index is -0.148. The van der Waals surface area contributed by atoms with E-state index in [1.54, 1.807) is 25.2 Å². The summed E-state index contributed by atoms with van der Waals surface area (Å²) in [6, 6.07) is 7.05. The molecule has 3 rings (SSSR count). The van der Waals surface area contributed by atoms with Crippen molar-refractivity contribution in [1.82, 2.24) is 10.2 Å². The fraction of sp³-hybridized carbons (Fsp3) is 0.579. The van der Waals surface area contributed by atoms with Crippen molar-refractivity contribution in [2.45, 2.75) is 32.1 Å². The molecule has 2 amide bonds. The first-order chi connectivity index (χ1) is 11.7. The molecule has 1 aromatic carbocycles. The summed E-state index contributed by atoms with van der Waals surface area (Å²) in [6.45, 7) is 2.51. The van der Waals surface area contributed by atoms with Crippen LogP contribution in [-0.4, -0.2) is 43.4 Å². The Morgan fingerprint density at radius 3 is 2.75 bits per heavy atom. The van der Waals surface area contributed by atoms with Gasteiger partial charge in [0.1, 0.15) is 0 Å². The van der Waals surface area contributed by atoms with E-state index in [0.29, 0.717) is 17.8 Å². The van der Waals surface area contributed by atoms with Gasteiger partial charge in [-0.05, 0) is 49.4 Å². The summed E-state index contributed by atoms with van der Waals surface area (Å²) in [5.41, 5.74) is 1.23. The van der Waals surface area contributed by atoms with Crippen LogP contribution in [0.4, 0.5) is 5.69 Å². The van der Waals surface area contributed by atoms with Crippen molar-refractivity contribution in [3.8, 4) is 0 Å². The number of nitrogens with one attached hydrogen (secondary N) is 2. The number of rotatable bonds is 4. The third kappa shape index (κ3) is 4.15. The lowest BCUT2D eigenvalue weighted by atomic mass is 9.75. The van der Waals surface area contributed by atoms with Gasteiger partial charge in [0.15, 0.2) is 0 Å². The third-order valence-corrected chi connectivity index (χ3v) is 5.38. The molecule has 1 aliphatic carbocycles. The summed E-state index contributed by atoms with van der Waals surface area (Å²) >= 11 is 0. The average Bonchev–Trinajstić information content (AvgIpc) is 2.61. The van der Waals surface area contributed by atoms with Crippen LogP contribution in [0, 0.1) is 11.8 Å². The van der Waals surface area contributed by atoms with Crippen LogP contribution < -0.4 is 10.6 Å². The topological polar surface area (TPSA) is 61.4 Å². The maximum absolute atomic E-state index is 12.3. The highest BCUT2D eigenvalue weighted by Gasteiger charge is 2.31. The molecule has 0 spiro atoms. The van der Waals surface area contributed by atoms with Gasteiger partial charge in [-0.3, -0.25) is 14.5 Å². The fourth-order valence-electron chi connectivity index (χ4n) is 4.11. The Balaban J connectivity index is 1.53. The van der Waals surface area contributed by atoms with Crippen molar-refractivity contribution < 1.29 is 9.59 Å². The fourth-order valence-corrected chi connectivity index (χ4v) is 4.11. The van der Waals surface area contributed by atoms with Gasteiger partial charge in [0.2, 0.25) is 5.91 Å². The first-order valence-corrected chi connectivity index (χ1v) is 9.00. The van der Waals surface area contributed by atoms with E-state index in [0.717, 1.165) is 24.9 Å². The smallest absolute Gasteiger partial charge is 0.251 e. The van der Waals surface area contributed by atoms with Crippen molar-refractivity contribution in [1.29, 1.82) is 0 Å². The van der Waals surface area contributed by atoms with E-state index in [4.69, 9.17) is 0 Å². The summed E-state index contributed by atoms with van der Waals surface area (Å²) in [5, 5.41) is 5.51. The molecule has 130 valence electrons. The Bertz CT molecular complexity index is 602. The number of hydrogen-bond donors (Lipinski definition) is 2. The van der Waals surface area contributed by atoms with Gasteiger partial charge in [0, 0.05) is 24.8 Å². The SMILES string of the molecule is CNC(=O)c1cccc(NC(=O)CN2CCC3CCCCC3C2)c1. The van der Waals surface area contributed by atoms with Crippen LogP contribution in [-0.2, 0) is 4.79 Å². The van der Waals surface area contributed by atoms with E-state index in [9.17, 15) is 9.59 Å². The molecule has 1 aliphatic heterocycles. The second-order valence-corrected chi connectivity index (χ2v) is 7.04. The van der Waals surface area contributed by atoms with Crippen molar-refractivity contribution in [3.05, 3.63) is 29.8 Å². The van der Waals surface area contributed by atoms with Crippen LogP contribution >= 0.6 is 0 Å². The minimum absolute atomic E-state index is 0.00156. The molecule has 1 saturated heterocycles. The lowest BCUT2D eigenvalue weighted by Gasteiger charge is -2.41. The predicted octanol–water partition coefficient (Wildman–Crippen LogP) is 2.50. The van der Waals surface area contributed by atoms with Gasteiger partial charge in [0.25, 0.3) is 5.91 Å². The number of amides is 2. The van der Waals surface area contributed by atoms with Gasteiger partial charge in [0.05, 0.1) is 6.54 Å². The summed E-state index contributed by atoms with van der Waals surface area (Å²) in [7, 11) is 1.60. The number of likely N-dealkylation sites (tertiary alicyclic amines) is 1. The highest BCUT2D eigenvalue weighted by molar-refractivity contribution is 5.97. The molecule has 2 atom stereocenters. The monoisotopic (exact) mass is 329 g/mol. The van der Waals surface area contributed by atoms with E-state index in [1.807, 2.05) is 6.07 Å². The molecular formula is C19H27N3O2. The Kier molecular flexibility index (Phi) is 5.51. The second-order valence-electron chi connectivity index (χ2n) is 7.04. The molecule has 2 N–H and O–H groups in total. The zero-order chi connectivity index (χ0) is 16.9. The van der Waals surface area contributed by atoms with Crippen LogP contribution in [0.1, 0.15) is 42.5 Å². The standard InChI is InChI=1S/C19H27N3O2/c1-20-19(24)15-7-4-8-17(11-15)21-18(23)13-22-10-9-14-5-2-3-6-16(14)12-22/h4,7-8,11,14,16H,2-3,5-6,9-10,12-13H2,1H3,(H,20,24)(H,21,23). The molecular weight excluding hydrogens is 302 g/mol. The minimum Gasteiger partial charge on any atom is -0.355 e. The van der Waals surface area contributed by atoms with Gasteiger partial charge >= 0.3 is 0 Å². The lowest BCUT2D eigenvalue weighted by Crippen LogP contribution is -2.44. The highest BCUT2D eigenvalue weighted by Crippen LogP contribution is 2.35. The molecule has 0 radical (unpaired) electrons. The van der Waals surface area contributed by atoms with Crippen LogP contribution in [0.25, 0.3) is 0 Å². The third-order valence-electron chi connectivity index (χ3n) is 5.38. The quantitative estimate of drug-likeness (QED) is 0.892. The first kappa shape index (κ1) is 17.0. The van der Waals surface area contributed by atoms with Crippen molar-refractivity contribution in [3.63, 3.8) is 0 Å². The number of piperidine rings is 1. The normalized spacial score (nSPS) is 24.0. The number of benzene rings is 1. The van der Waals surface area contributed by atoms with Crippen molar-refractivity contribution >= 4 is 17.5 Å². The lowest BCUT2D eigenvalue weighted by molar-refractivity contribution is -0.118. The first-order valence-electron chi connectivity index (χ1n) is 9.00.